The number of nitrogens with zero attached hydrogens (tertiary/aromatic N) is 3. The highest BCUT2D eigenvalue weighted by atomic mass is 19.4. The number of alkyl halides is 3. The molecule has 0 bridgehead atoms. The van der Waals surface area contributed by atoms with Gasteiger partial charge in [-0.25, -0.2) is 4.68 Å². The Hall–Kier alpha value is -3.62. The lowest BCUT2D eigenvalue weighted by Gasteiger charge is -2.10. The second-order valence-corrected chi connectivity index (χ2v) is 6.16. The zero-order valence-electron chi connectivity index (χ0n) is 14.4. The first-order chi connectivity index (χ1) is 13.4. The fourth-order valence-corrected chi connectivity index (χ4v) is 2.86. The summed E-state index contributed by atoms with van der Waals surface area (Å²) in [4.78, 5) is 19.3. The predicted molar refractivity (Wildman–Crippen MR) is 99.0 cm³/mol. The Labute approximate surface area is 156 Å². The van der Waals surface area contributed by atoms with Crippen molar-refractivity contribution in [1.29, 1.82) is 0 Å². The van der Waals surface area contributed by atoms with Gasteiger partial charge in [0.15, 0.2) is 5.65 Å². The molecule has 0 atom stereocenters. The van der Waals surface area contributed by atoms with Crippen molar-refractivity contribution in [1.82, 2.24) is 19.7 Å². The third kappa shape index (κ3) is 3.73. The molecule has 0 saturated carbocycles. The van der Waals surface area contributed by atoms with Crippen molar-refractivity contribution in [3.63, 3.8) is 0 Å². The molecule has 6 nitrogen and oxygen atoms in total. The highest BCUT2D eigenvalue weighted by Gasteiger charge is 2.27. The number of nitrogens with one attached hydrogen (secondary N) is 2. The zero-order chi connectivity index (χ0) is 19.7. The summed E-state index contributed by atoms with van der Waals surface area (Å²) in [6.07, 6.45) is -3.92. The van der Waals surface area contributed by atoms with E-state index in [9.17, 15) is 18.0 Å². The van der Waals surface area contributed by atoms with E-state index in [0.717, 1.165) is 5.69 Å². The van der Waals surface area contributed by atoms with E-state index in [4.69, 9.17) is 0 Å². The minimum Gasteiger partial charge on any atom is -0.326 e. The lowest BCUT2D eigenvalue weighted by Crippen LogP contribution is -2.13. The third-order valence-electron chi connectivity index (χ3n) is 4.03. The van der Waals surface area contributed by atoms with E-state index in [1.54, 1.807) is 6.07 Å². The molecule has 0 radical (unpaired) electrons. The Morgan fingerprint density at radius 2 is 1.86 bits per heavy atom. The van der Waals surface area contributed by atoms with Crippen molar-refractivity contribution >= 4 is 22.7 Å². The molecule has 0 unspecified atom stereocenters. The van der Waals surface area contributed by atoms with Crippen LogP contribution in [0.2, 0.25) is 0 Å². The van der Waals surface area contributed by atoms with Crippen molar-refractivity contribution in [2.45, 2.75) is 12.6 Å². The van der Waals surface area contributed by atoms with E-state index in [1.165, 1.54) is 29.1 Å². The first-order valence-electron chi connectivity index (χ1n) is 8.35. The standard InChI is InChI=1S/C19H14F3N5O/c20-19(21,22)10-12-5-4-6-13(9-12)24-18-25-16-15(17(28)26-18)11-23-27(16)14-7-2-1-3-8-14/h1-9,11H,10H2,(H2,24,25,26,28). The number of anilines is 2. The molecular formula is C19H14F3N5O. The molecule has 0 spiro atoms. The molecule has 0 fully saturated rings. The molecule has 142 valence electrons. The average Bonchev–Trinajstić information content (AvgIpc) is 3.06. The number of rotatable bonds is 4. The van der Waals surface area contributed by atoms with Crippen molar-refractivity contribution < 1.29 is 13.2 Å². The Bertz CT molecular complexity index is 1180. The predicted octanol–water partition coefficient (Wildman–Crippen LogP) is 3.96. The Morgan fingerprint density at radius 3 is 2.61 bits per heavy atom. The summed E-state index contributed by atoms with van der Waals surface area (Å²) in [6.45, 7) is 0. The van der Waals surface area contributed by atoms with Crippen LogP contribution in [-0.4, -0.2) is 25.9 Å². The Morgan fingerprint density at radius 1 is 1.07 bits per heavy atom. The van der Waals surface area contributed by atoms with Gasteiger partial charge < -0.3 is 5.32 Å². The van der Waals surface area contributed by atoms with Crippen LogP contribution in [0.4, 0.5) is 24.8 Å². The molecule has 2 heterocycles. The number of benzene rings is 2. The number of hydrogen-bond donors (Lipinski definition) is 2. The molecule has 0 aliphatic rings. The molecular weight excluding hydrogens is 371 g/mol. The maximum Gasteiger partial charge on any atom is 0.393 e. The van der Waals surface area contributed by atoms with E-state index in [-0.39, 0.29) is 11.5 Å². The quantitative estimate of drug-likeness (QED) is 0.558. The minimum absolute atomic E-state index is 0.107. The van der Waals surface area contributed by atoms with Crippen molar-refractivity contribution in [3.05, 3.63) is 76.7 Å². The monoisotopic (exact) mass is 385 g/mol. The van der Waals surface area contributed by atoms with Crippen molar-refractivity contribution in [3.8, 4) is 5.69 Å². The van der Waals surface area contributed by atoms with Crippen molar-refractivity contribution in [2.75, 3.05) is 5.32 Å². The average molecular weight is 385 g/mol. The Balaban J connectivity index is 1.70. The molecule has 28 heavy (non-hydrogen) atoms. The zero-order valence-corrected chi connectivity index (χ0v) is 14.4. The molecule has 0 aliphatic carbocycles. The van der Waals surface area contributed by atoms with Crippen LogP contribution in [0.1, 0.15) is 5.56 Å². The summed E-state index contributed by atoms with van der Waals surface area (Å²) in [6, 6.07) is 15.0. The van der Waals surface area contributed by atoms with Crippen LogP contribution < -0.4 is 10.9 Å². The summed E-state index contributed by atoms with van der Waals surface area (Å²) in [5.41, 5.74) is 1.16. The van der Waals surface area contributed by atoms with Crippen LogP contribution >= 0.6 is 0 Å². The fourth-order valence-electron chi connectivity index (χ4n) is 2.86. The SMILES string of the molecule is O=c1[nH]c(Nc2cccc(CC(F)(F)F)c2)nc2c1cnn2-c1ccccc1. The van der Waals surface area contributed by atoms with Gasteiger partial charge in [-0.15, -0.1) is 0 Å². The lowest BCUT2D eigenvalue weighted by atomic mass is 10.1. The van der Waals surface area contributed by atoms with Gasteiger partial charge in [0.2, 0.25) is 5.95 Å². The number of hydrogen-bond acceptors (Lipinski definition) is 4. The molecule has 0 amide bonds. The van der Waals surface area contributed by atoms with E-state index >= 15 is 0 Å². The van der Waals surface area contributed by atoms with Gasteiger partial charge in [0.05, 0.1) is 18.3 Å². The molecule has 4 aromatic rings. The lowest BCUT2D eigenvalue weighted by molar-refractivity contribution is -0.127. The number of aromatic nitrogens is 4. The normalized spacial score (nSPS) is 11.7. The molecule has 2 aromatic carbocycles. The van der Waals surface area contributed by atoms with Crippen LogP contribution in [0.3, 0.4) is 0 Å². The summed E-state index contributed by atoms with van der Waals surface area (Å²) >= 11 is 0. The summed E-state index contributed by atoms with van der Waals surface area (Å²) < 4.78 is 39.3. The van der Waals surface area contributed by atoms with Crippen molar-refractivity contribution in [2.24, 2.45) is 0 Å². The minimum atomic E-state index is -4.30. The van der Waals surface area contributed by atoms with Crippen LogP contribution in [0.25, 0.3) is 16.7 Å². The number of para-hydroxylation sites is 1. The molecule has 4 rings (SSSR count). The van der Waals surface area contributed by atoms with Gasteiger partial charge in [-0.3, -0.25) is 9.78 Å². The van der Waals surface area contributed by atoms with Crippen LogP contribution in [0.5, 0.6) is 0 Å². The second kappa shape index (κ2) is 6.84. The third-order valence-corrected chi connectivity index (χ3v) is 4.03. The topological polar surface area (TPSA) is 75.6 Å². The summed E-state index contributed by atoms with van der Waals surface area (Å²) in [5, 5.41) is 7.37. The maximum atomic E-state index is 12.6. The van der Waals surface area contributed by atoms with Gasteiger partial charge in [-0.1, -0.05) is 30.3 Å². The molecule has 2 N–H and O–H groups in total. The number of fused-ring (bicyclic) bond motifs is 1. The first kappa shape index (κ1) is 17.8. The van der Waals surface area contributed by atoms with Gasteiger partial charge in [-0.2, -0.15) is 23.3 Å². The fraction of sp³-hybridized carbons (Fsp3) is 0.105. The van der Waals surface area contributed by atoms with Gasteiger partial charge in [-0.05, 0) is 29.8 Å². The Kier molecular flexibility index (Phi) is 4.34. The smallest absolute Gasteiger partial charge is 0.326 e. The van der Waals surface area contributed by atoms with Gasteiger partial charge in [0.25, 0.3) is 5.56 Å². The van der Waals surface area contributed by atoms with Gasteiger partial charge in [0.1, 0.15) is 5.39 Å². The molecule has 0 saturated heterocycles. The van der Waals surface area contributed by atoms with Gasteiger partial charge in [0, 0.05) is 5.69 Å². The summed E-state index contributed by atoms with van der Waals surface area (Å²) in [7, 11) is 0. The van der Waals surface area contributed by atoms with E-state index in [2.05, 4.69) is 20.4 Å². The molecule has 2 aromatic heterocycles. The highest BCUT2D eigenvalue weighted by Crippen LogP contribution is 2.24. The van der Waals surface area contributed by atoms with E-state index in [1.807, 2.05) is 30.3 Å². The van der Waals surface area contributed by atoms with Crippen LogP contribution in [0, 0.1) is 0 Å². The van der Waals surface area contributed by atoms with Crippen LogP contribution in [-0.2, 0) is 6.42 Å². The summed E-state index contributed by atoms with van der Waals surface area (Å²) in [5.74, 6) is 0.110. The molecule has 9 heteroatoms. The van der Waals surface area contributed by atoms with E-state index in [0.29, 0.717) is 16.7 Å². The number of H-pyrrole nitrogens is 1. The maximum absolute atomic E-state index is 12.6. The number of halogens is 3. The van der Waals surface area contributed by atoms with Crippen LogP contribution in [0.15, 0.2) is 65.6 Å². The largest absolute Gasteiger partial charge is 0.393 e. The van der Waals surface area contributed by atoms with E-state index < -0.39 is 18.2 Å². The second-order valence-electron chi connectivity index (χ2n) is 6.16. The first-order valence-corrected chi connectivity index (χ1v) is 8.35. The number of aromatic amines is 1. The van der Waals surface area contributed by atoms with Gasteiger partial charge >= 0.3 is 6.18 Å². The highest BCUT2D eigenvalue weighted by molar-refractivity contribution is 5.76. The molecule has 0 aliphatic heterocycles.